The molecule has 128 valence electrons. The van der Waals surface area contributed by atoms with Gasteiger partial charge in [-0.15, -0.1) is 0 Å². The Labute approximate surface area is 157 Å². The van der Waals surface area contributed by atoms with E-state index in [1.54, 1.807) is 4.90 Å². The first kappa shape index (κ1) is 17.8. The molecule has 0 aromatic heterocycles. The number of rotatable bonds is 4. The normalized spacial score (nSPS) is 17.7. The number of carbonyl (C=O) groups excluding carboxylic acids is 1. The smallest absolute Gasteiger partial charge is 0.266 e. The van der Waals surface area contributed by atoms with E-state index < -0.39 is 0 Å². The molecule has 25 heavy (non-hydrogen) atoms. The Balaban J connectivity index is 1.95. The highest BCUT2D eigenvalue weighted by molar-refractivity contribution is 8.18. The second-order valence-electron chi connectivity index (χ2n) is 5.82. The lowest BCUT2D eigenvalue weighted by atomic mass is 10.2. The number of amidine groups is 1. The van der Waals surface area contributed by atoms with Crippen molar-refractivity contribution < 1.29 is 4.79 Å². The molecule has 0 aliphatic carbocycles. The van der Waals surface area contributed by atoms with Crippen LogP contribution in [0.5, 0.6) is 0 Å². The number of thioether (sulfide) groups is 1. The largest absolute Gasteiger partial charge is 0.286 e. The number of hydrogen-bond donors (Lipinski definition) is 0. The Morgan fingerprint density at radius 1 is 1.16 bits per heavy atom. The van der Waals surface area contributed by atoms with Crippen molar-refractivity contribution in [1.29, 1.82) is 0 Å². The highest BCUT2D eigenvalue weighted by Gasteiger charge is 2.32. The summed E-state index contributed by atoms with van der Waals surface area (Å²) in [6, 6.07) is 15.5. The fraction of sp³-hybridized carbons (Fsp3) is 0.200. The predicted molar refractivity (Wildman–Crippen MR) is 107 cm³/mol. The van der Waals surface area contributed by atoms with E-state index in [4.69, 9.17) is 11.6 Å². The molecule has 1 amide bonds. The van der Waals surface area contributed by atoms with Crippen molar-refractivity contribution in [2.75, 3.05) is 6.54 Å². The molecule has 0 bridgehead atoms. The zero-order valence-electron chi connectivity index (χ0n) is 14.2. The topological polar surface area (TPSA) is 32.7 Å². The van der Waals surface area contributed by atoms with Crippen molar-refractivity contribution in [2.45, 2.75) is 20.3 Å². The van der Waals surface area contributed by atoms with E-state index in [0.29, 0.717) is 21.6 Å². The van der Waals surface area contributed by atoms with E-state index >= 15 is 0 Å². The van der Waals surface area contributed by atoms with Gasteiger partial charge < -0.3 is 0 Å². The molecule has 0 radical (unpaired) electrons. The Bertz CT molecular complexity index is 843. The van der Waals surface area contributed by atoms with Crippen LogP contribution in [0.25, 0.3) is 6.08 Å². The van der Waals surface area contributed by atoms with Crippen molar-refractivity contribution in [3.05, 3.63) is 69.6 Å². The molecule has 1 fully saturated rings. The van der Waals surface area contributed by atoms with Gasteiger partial charge in [-0.05, 0) is 54.9 Å². The maximum atomic E-state index is 12.8. The van der Waals surface area contributed by atoms with Crippen LogP contribution in [0, 0.1) is 6.92 Å². The maximum absolute atomic E-state index is 12.8. The van der Waals surface area contributed by atoms with Crippen LogP contribution >= 0.6 is 23.4 Å². The molecule has 5 heteroatoms. The molecule has 1 heterocycles. The molecule has 3 rings (SSSR count). The number of amides is 1. The van der Waals surface area contributed by atoms with E-state index in [-0.39, 0.29) is 5.91 Å². The van der Waals surface area contributed by atoms with Crippen LogP contribution < -0.4 is 0 Å². The minimum absolute atomic E-state index is 0.0161. The van der Waals surface area contributed by atoms with Gasteiger partial charge in [0.15, 0.2) is 5.17 Å². The highest BCUT2D eigenvalue weighted by atomic mass is 35.5. The van der Waals surface area contributed by atoms with Crippen molar-refractivity contribution in [3.8, 4) is 0 Å². The van der Waals surface area contributed by atoms with E-state index in [1.165, 1.54) is 17.3 Å². The van der Waals surface area contributed by atoms with E-state index in [9.17, 15) is 4.79 Å². The number of hydrogen-bond acceptors (Lipinski definition) is 3. The molecular formula is C20H19ClN2OS. The molecule has 0 atom stereocenters. The number of nitrogens with zero attached hydrogens (tertiary/aromatic N) is 2. The minimum atomic E-state index is -0.0161. The van der Waals surface area contributed by atoms with Gasteiger partial charge in [-0.3, -0.25) is 9.69 Å². The van der Waals surface area contributed by atoms with Gasteiger partial charge >= 0.3 is 0 Å². The fourth-order valence-corrected chi connectivity index (χ4v) is 3.68. The van der Waals surface area contributed by atoms with Crippen molar-refractivity contribution in [2.24, 2.45) is 4.99 Å². The summed E-state index contributed by atoms with van der Waals surface area (Å²) in [5.74, 6) is -0.0161. The molecule has 3 nitrogen and oxygen atoms in total. The lowest BCUT2D eigenvalue weighted by molar-refractivity contribution is -0.122. The van der Waals surface area contributed by atoms with Crippen LogP contribution in [-0.4, -0.2) is 22.5 Å². The standard InChI is InChI=1S/C20H19ClN2OS/c1-3-12-23-19(24)18(13-15-6-4-5-7-17(15)21)25-20(23)22-16-10-8-14(2)9-11-16/h4-11,13H,3,12H2,1-2H3/b18-13+,22-20?. The molecule has 2 aromatic carbocycles. The van der Waals surface area contributed by atoms with Gasteiger partial charge in [0.2, 0.25) is 0 Å². The molecule has 0 unspecified atom stereocenters. The van der Waals surface area contributed by atoms with Gasteiger partial charge in [-0.1, -0.05) is 54.4 Å². The van der Waals surface area contributed by atoms with Crippen molar-refractivity contribution in [1.82, 2.24) is 4.90 Å². The number of carbonyl (C=O) groups is 1. The fourth-order valence-electron chi connectivity index (χ4n) is 2.48. The zero-order chi connectivity index (χ0) is 17.8. The van der Waals surface area contributed by atoms with Gasteiger partial charge in [0.25, 0.3) is 5.91 Å². The maximum Gasteiger partial charge on any atom is 0.266 e. The average Bonchev–Trinajstić information content (AvgIpc) is 2.88. The first-order valence-electron chi connectivity index (χ1n) is 8.20. The third-order valence-electron chi connectivity index (χ3n) is 3.79. The number of aryl methyl sites for hydroxylation is 1. The lowest BCUT2D eigenvalue weighted by Crippen LogP contribution is -2.29. The molecule has 0 saturated carbocycles. The van der Waals surface area contributed by atoms with Gasteiger partial charge in [-0.2, -0.15) is 0 Å². The molecule has 0 N–H and O–H groups in total. The summed E-state index contributed by atoms with van der Waals surface area (Å²) >= 11 is 7.62. The second-order valence-corrected chi connectivity index (χ2v) is 7.24. The summed E-state index contributed by atoms with van der Waals surface area (Å²) in [6.07, 6.45) is 2.72. The third kappa shape index (κ3) is 4.14. The van der Waals surface area contributed by atoms with Gasteiger partial charge in [0.05, 0.1) is 10.6 Å². The summed E-state index contributed by atoms with van der Waals surface area (Å²) in [5.41, 5.74) is 2.87. The summed E-state index contributed by atoms with van der Waals surface area (Å²) in [4.78, 5) is 19.8. The van der Waals surface area contributed by atoms with Gasteiger partial charge in [0.1, 0.15) is 0 Å². The molecular weight excluding hydrogens is 352 g/mol. The highest BCUT2D eigenvalue weighted by Crippen LogP contribution is 2.35. The van der Waals surface area contributed by atoms with E-state index in [0.717, 1.165) is 17.7 Å². The molecule has 1 aliphatic heterocycles. The monoisotopic (exact) mass is 370 g/mol. The number of aliphatic imine (C=N–C) groups is 1. The SMILES string of the molecule is CCCN1C(=O)/C(=C\c2ccccc2Cl)SC1=Nc1ccc(C)cc1. The molecule has 1 aliphatic rings. The van der Waals surface area contributed by atoms with Crippen LogP contribution in [0.1, 0.15) is 24.5 Å². The van der Waals surface area contributed by atoms with Crippen molar-refractivity contribution in [3.63, 3.8) is 0 Å². The predicted octanol–water partition coefficient (Wildman–Crippen LogP) is 5.66. The Morgan fingerprint density at radius 2 is 1.88 bits per heavy atom. The summed E-state index contributed by atoms with van der Waals surface area (Å²) in [6.45, 7) is 4.74. The van der Waals surface area contributed by atoms with E-state index in [2.05, 4.69) is 11.9 Å². The quantitative estimate of drug-likeness (QED) is 0.650. The molecule has 1 saturated heterocycles. The zero-order valence-corrected chi connectivity index (χ0v) is 15.8. The number of halogens is 1. The Kier molecular flexibility index (Phi) is 5.61. The summed E-state index contributed by atoms with van der Waals surface area (Å²) < 4.78 is 0. The number of benzene rings is 2. The van der Waals surface area contributed by atoms with Gasteiger partial charge in [-0.25, -0.2) is 4.99 Å². The van der Waals surface area contributed by atoms with E-state index in [1.807, 2.05) is 61.5 Å². The average molecular weight is 371 g/mol. The minimum Gasteiger partial charge on any atom is -0.286 e. The molecule has 0 spiro atoms. The van der Waals surface area contributed by atoms with Crippen LogP contribution in [-0.2, 0) is 4.79 Å². The van der Waals surface area contributed by atoms with Crippen LogP contribution in [0.15, 0.2) is 58.4 Å². The Morgan fingerprint density at radius 3 is 2.56 bits per heavy atom. The van der Waals surface area contributed by atoms with Crippen LogP contribution in [0.3, 0.4) is 0 Å². The first-order chi connectivity index (χ1) is 12.1. The summed E-state index contributed by atoms with van der Waals surface area (Å²) in [5, 5.41) is 1.35. The van der Waals surface area contributed by atoms with Crippen LogP contribution in [0.2, 0.25) is 5.02 Å². The van der Waals surface area contributed by atoms with Gasteiger partial charge in [0, 0.05) is 11.6 Å². The third-order valence-corrected chi connectivity index (χ3v) is 5.14. The second kappa shape index (κ2) is 7.89. The van der Waals surface area contributed by atoms with Crippen molar-refractivity contribution >= 4 is 46.2 Å². The lowest BCUT2D eigenvalue weighted by Gasteiger charge is -2.13. The van der Waals surface area contributed by atoms with Crippen LogP contribution in [0.4, 0.5) is 5.69 Å². The first-order valence-corrected chi connectivity index (χ1v) is 9.39. The molecule has 2 aromatic rings. The summed E-state index contributed by atoms with van der Waals surface area (Å²) in [7, 11) is 0. The Hall–Kier alpha value is -2.04.